The number of aromatic nitrogens is 1. The normalized spacial score (nSPS) is 30.5. The van der Waals surface area contributed by atoms with Gasteiger partial charge in [0.1, 0.15) is 29.5 Å². The standard InChI is InChI=1S/C36H47N5O9S/c1-5-49-28-19-37-31(26-12-7-6-11-25(26)28)50-24-17-27-30(42)39-36(33(44)40-51(47,48)35(4)15-16-35)18-23(36)14-13-21(2)9-8-10-22(3)29(38-34(45)46)32(43)41(27)20-24/h6-7,11-14,19,21-24,27,29,38H,5,8-10,15-18,20H2,1-4H3,(H,39,42)(H,40,44)(H,45,46)/t21-,22-,23-,24-,27+,29+,36-/m1/s1. The first-order valence-electron chi connectivity index (χ1n) is 17.7. The van der Waals surface area contributed by atoms with Crippen LogP contribution in [0.1, 0.15) is 72.6 Å². The van der Waals surface area contributed by atoms with Gasteiger partial charge in [-0.25, -0.2) is 18.2 Å². The van der Waals surface area contributed by atoms with Gasteiger partial charge in [0.15, 0.2) is 0 Å². The van der Waals surface area contributed by atoms with Gasteiger partial charge in [0.2, 0.25) is 27.7 Å². The zero-order valence-corrected chi connectivity index (χ0v) is 30.2. The number of nitrogens with one attached hydrogen (secondary N) is 3. The Morgan fingerprint density at radius 3 is 2.53 bits per heavy atom. The minimum Gasteiger partial charge on any atom is -0.492 e. The summed E-state index contributed by atoms with van der Waals surface area (Å²) in [6, 6.07) is 5.11. The molecule has 2 saturated carbocycles. The van der Waals surface area contributed by atoms with E-state index in [0.29, 0.717) is 43.4 Å². The van der Waals surface area contributed by atoms with Crippen LogP contribution in [0.5, 0.6) is 11.6 Å². The molecule has 3 heterocycles. The number of benzene rings is 1. The maximum Gasteiger partial charge on any atom is 0.405 e. The third-order valence-electron chi connectivity index (χ3n) is 10.8. The van der Waals surface area contributed by atoms with Gasteiger partial charge >= 0.3 is 6.09 Å². The molecule has 1 aromatic heterocycles. The average molecular weight is 726 g/mol. The molecule has 0 radical (unpaired) electrons. The largest absolute Gasteiger partial charge is 0.492 e. The van der Waals surface area contributed by atoms with Crippen molar-refractivity contribution in [3.8, 4) is 11.6 Å². The Bertz CT molecular complexity index is 1850. The molecule has 0 spiro atoms. The lowest BCUT2D eigenvalue weighted by atomic mass is 9.92. The molecular formula is C36H47N5O9S. The van der Waals surface area contributed by atoms with Crippen molar-refractivity contribution in [1.29, 1.82) is 0 Å². The summed E-state index contributed by atoms with van der Waals surface area (Å²) in [6.07, 6.45) is 6.34. The number of hydrogen-bond donors (Lipinski definition) is 4. The number of carboxylic acid groups (broad SMARTS) is 1. The first-order valence-corrected chi connectivity index (χ1v) is 19.2. The van der Waals surface area contributed by atoms with Crippen LogP contribution in [0.3, 0.4) is 0 Å². The topological polar surface area (TPSA) is 193 Å². The molecule has 15 heteroatoms. The smallest absolute Gasteiger partial charge is 0.405 e. The van der Waals surface area contributed by atoms with E-state index in [9.17, 15) is 32.7 Å². The molecular weight excluding hydrogens is 678 g/mol. The van der Waals surface area contributed by atoms with E-state index >= 15 is 0 Å². The molecule has 4 aliphatic rings. The summed E-state index contributed by atoms with van der Waals surface area (Å²) in [5.41, 5.74) is -1.54. The number of sulfonamides is 1. The number of hydrogen-bond acceptors (Lipinski definition) is 9. The third kappa shape index (κ3) is 7.35. The molecule has 7 atom stereocenters. The molecule has 6 rings (SSSR count). The van der Waals surface area contributed by atoms with Crippen LogP contribution < -0.4 is 24.8 Å². The van der Waals surface area contributed by atoms with Crippen molar-refractivity contribution in [2.24, 2.45) is 17.8 Å². The van der Waals surface area contributed by atoms with Gasteiger partial charge < -0.3 is 30.1 Å². The van der Waals surface area contributed by atoms with Crippen molar-refractivity contribution in [1.82, 2.24) is 25.2 Å². The number of nitrogens with zero attached hydrogens (tertiary/aromatic N) is 2. The van der Waals surface area contributed by atoms with Gasteiger partial charge in [0, 0.05) is 23.1 Å². The van der Waals surface area contributed by atoms with Crippen molar-refractivity contribution in [3.05, 3.63) is 42.6 Å². The molecule has 2 aliphatic heterocycles. The zero-order chi connectivity index (χ0) is 36.7. The second kappa shape index (κ2) is 14.0. The maximum absolute atomic E-state index is 14.3. The van der Waals surface area contributed by atoms with E-state index in [1.54, 1.807) is 13.1 Å². The van der Waals surface area contributed by atoms with E-state index in [1.807, 2.05) is 57.2 Å². The van der Waals surface area contributed by atoms with E-state index in [4.69, 9.17) is 9.47 Å². The molecule has 2 aromatic rings. The number of carbonyl (C=O) groups is 4. The molecule has 276 valence electrons. The molecule has 4 N–H and O–H groups in total. The van der Waals surface area contributed by atoms with Gasteiger partial charge in [-0.15, -0.1) is 0 Å². The van der Waals surface area contributed by atoms with Gasteiger partial charge in [-0.2, -0.15) is 0 Å². The average Bonchev–Trinajstić information content (AvgIpc) is 3.97. The van der Waals surface area contributed by atoms with Gasteiger partial charge in [0.05, 0.1) is 24.1 Å². The highest BCUT2D eigenvalue weighted by atomic mass is 32.2. The lowest BCUT2D eigenvalue weighted by molar-refractivity contribution is -0.142. The predicted molar refractivity (Wildman–Crippen MR) is 187 cm³/mol. The lowest BCUT2D eigenvalue weighted by Gasteiger charge is -2.31. The highest BCUT2D eigenvalue weighted by Crippen LogP contribution is 2.48. The van der Waals surface area contributed by atoms with Crippen molar-refractivity contribution in [3.63, 3.8) is 0 Å². The SMILES string of the molecule is CCOc1cnc(O[C@@H]2C[C@H]3C(=O)N[C@]4(C(=O)NS(=O)(=O)C5(C)CC5)C[C@H]4C=C[C@H](C)CCC[C@@H](C)[C@H](NC(=O)O)C(=O)N3C2)c2ccccc12. The van der Waals surface area contributed by atoms with Crippen LogP contribution in [-0.4, -0.2) is 88.8 Å². The maximum atomic E-state index is 14.3. The number of amides is 4. The Hall–Kier alpha value is -4.40. The summed E-state index contributed by atoms with van der Waals surface area (Å²) >= 11 is 0. The van der Waals surface area contributed by atoms with Crippen molar-refractivity contribution >= 4 is 44.6 Å². The van der Waals surface area contributed by atoms with Crippen LogP contribution in [0, 0.1) is 17.8 Å². The first kappa shape index (κ1) is 36.4. The summed E-state index contributed by atoms with van der Waals surface area (Å²) < 4.78 is 39.6. The number of carbonyl (C=O) groups excluding carboxylic acids is 3. The molecule has 1 saturated heterocycles. The van der Waals surface area contributed by atoms with Crippen LogP contribution >= 0.6 is 0 Å². The third-order valence-corrected chi connectivity index (χ3v) is 13.0. The van der Waals surface area contributed by atoms with E-state index in [0.717, 1.165) is 11.8 Å². The molecule has 3 fully saturated rings. The highest BCUT2D eigenvalue weighted by Gasteiger charge is 2.63. The van der Waals surface area contributed by atoms with Crippen LogP contribution in [-0.2, 0) is 24.4 Å². The fourth-order valence-electron chi connectivity index (χ4n) is 7.21. The van der Waals surface area contributed by atoms with Crippen molar-refractivity contribution < 1.29 is 42.2 Å². The summed E-state index contributed by atoms with van der Waals surface area (Å²) in [7, 11) is -4.00. The monoisotopic (exact) mass is 725 g/mol. The number of ether oxygens (including phenoxy) is 2. The van der Waals surface area contributed by atoms with Gasteiger partial charge in [-0.1, -0.05) is 50.6 Å². The number of fused-ring (bicyclic) bond motifs is 3. The van der Waals surface area contributed by atoms with Crippen LogP contribution in [0.15, 0.2) is 42.6 Å². The first-order chi connectivity index (χ1) is 24.2. The van der Waals surface area contributed by atoms with E-state index in [1.165, 1.54) is 4.90 Å². The zero-order valence-electron chi connectivity index (χ0n) is 29.4. The predicted octanol–water partition coefficient (Wildman–Crippen LogP) is 3.50. The van der Waals surface area contributed by atoms with E-state index < -0.39 is 74.1 Å². The summed E-state index contributed by atoms with van der Waals surface area (Å²) in [5, 5.41) is 16.4. The van der Waals surface area contributed by atoms with Crippen LogP contribution in [0.2, 0.25) is 0 Å². The quantitative estimate of drug-likeness (QED) is 0.293. The Morgan fingerprint density at radius 2 is 1.84 bits per heavy atom. The van der Waals surface area contributed by atoms with Crippen molar-refractivity contribution in [2.75, 3.05) is 13.2 Å². The van der Waals surface area contributed by atoms with Gasteiger partial charge in [-0.3, -0.25) is 19.1 Å². The lowest BCUT2D eigenvalue weighted by Crippen LogP contribution is -2.59. The molecule has 0 bridgehead atoms. The Balaban J connectivity index is 1.34. The van der Waals surface area contributed by atoms with E-state index in [-0.39, 0.29) is 31.2 Å². The molecule has 14 nitrogen and oxygen atoms in total. The molecule has 4 amide bonds. The Morgan fingerprint density at radius 1 is 1.12 bits per heavy atom. The second-order valence-corrected chi connectivity index (χ2v) is 16.9. The summed E-state index contributed by atoms with van der Waals surface area (Å²) in [5.74, 6) is -1.98. The van der Waals surface area contributed by atoms with Gasteiger partial charge in [-0.05, 0) is 63.9 Å². The minimum atomic E-state index is -4.00. The summed E-state index contributed by atoms with van der Waals surface area (Å²) in [4.78, 5) is 60.2. The number of allylic oxidation sites excluding steroid dienone is 1. The second-order valence-electron chi connectivity index (χ2n) is 14.7. The molecule has 2 aliphatic carbocycles. The highest BCUT2D eigenvalue weighted by molar-refractivity contribution is 7.91. The number of rotatable bonds is 8. The molecule has 0 unspecified atom stereocenters. The van der Waals surface area contributed by atoms with Gasteiger partial charge in [0.25, 0.3) is 5.91 Å². The molecule has 1 aromatic carbocycles. The fourth-order valence-corrected chi connectivity index (χ4v) is 8.52. The minimum absolute atomic E-state index is 0.0145. The Kier molecular flexibility index (Phi) is 9.96. The molecule has 51 heavy (non-hydrogen) atoms. The fraction of sp³-hybridized carbons (Fsp3) is 0.583. The number of pyridine rings is 1. The summed E-state index contributed by atoms with van der Waals surface area (Å²) in [6.45, 7) is 7.64. The van der Waals surface area contributed by atoms with E-state index in [2.05, 4.69) is 20.3 Å². The van der Waals surface area contributed by atoms with Crippen LogP contribution in [0.25, 0.3) is 10.8 Å². The Labute approximate surface area is 297 Å². The van der Waals surface area contributed by atoms with Crippen molar-refractivity contribution in [2.45, 2.75) is 101 Å². The van der Waals surface area contributed by atoms with Crippen LogP contribution in [0.4, 0.5) is 4.79 Å².